The summed E-state index contributed by atoms with van der Waals surface area (Å²) in [4.78, 5) is 11.0. The van der Waals surface area contributed by atoms with Gasteiger partial charge >= 0.3 is 12.3 Å². The molecular formula is C12H10F4O3. The van der Waals surface area contributed by atoms with Gasteiger partial charge in [-0.1, -0.05) is 0 Å². The summed E-state index contributed by atoms with van der Waals surface area (Å²) in [5.74, 6) is -2.28. The van der Waals surface area contributed by atoms with E-state index in [1.807, 2.05) is 0 Å². The van der Waals surface area contributed by atoms with E-state index in [1.165, 1.54) is 0 Å². The van der Waals surface area contributed by atoms with Gasteiger partial charge < -0.3 is 9.47 Å². The van der Waals surface area contributed by atoms with Gasteiger partial charge in [0.2, 0.25) is 0 Å². The molecule has 0 N–H and O–H groups in total. The highest BCUT2D eigenvalue weighted by Crippen LogP contribution is 2.24. The van der Waals surface area contributed by atoms with Crippen LogP contribution in [0.25, 0.3) is 6.08 Å². The van der Waals surface area contributed by atoms with Gasteiger partial charge in [-0.3, -0.25) is 0 Å². The number of halogens is 4. The fraction of sp³-hybridized carbons (Fsp3) is 0.250. The molecule has 0 amide bonds. The third-order valence-electron chi connectivity index (χ3n) is 1.89. The molecule has 0 saturated heterocycles. The number of benzene rings is 1. The first-order chi connectivity index (χ1) is 8.81. The summed E-state index contributed by atoms with van der Waals surface area (Å²) in [6.45, 7) is 1.78. The van der Waals surface area contributed by atoms with E-state index in [0.717, 1.165) is 24.3 Å². The second-order valence-electron chi connectivity index (χ2n) is 3.32. The highest BCUT2D eigenvalue weighted by Gasteiger charge is 2.31. The van der Waals surface area contributed by atoms with Crippen LogP contribution in [0.2, 0.25) is 0 Å². The van der Waals surface area contributed by atoms with Crippen molar-refractivity contribution >= 4 is 12.0 Å². The monoisotopic (exact) mass is 278 g/mol. The minimum atomic E-state index is -4.88. The maximum Gasteiger partial charge on any atom is 0.573 e. The minimum absolute atomic E-state index is 0.0532. The van der Waals surface area contributed by atoms with Crippen LogP contribution in [-0.2, 0) is 9.53 Å². The van der Waals surface area contributed by atoms with Crippen molar-refractivity contribution < 1.29 is 31.8 Å². The topological polar surface area (TPSA) is 35.5 Å². The third kappa shape index (κ3) is 5.41. The Balaban J connectivity index is 2.80. The first-order valence-electron chi connectivity index (χ1n) is 5.22. The standard InChI is InChI=1S/C12H10F4O3/c1-2-18-11(17)6-4-8-3-5-9(7-10(8)13)19-12(14,15)16/h3-7H,2H2,1H3. The molecule has 0 aliphatic heterocycles. The Morgan fingerprint density at radius 3 is 2.58 bits per heavy atom. The number of carbonyl (C=O) groups is 1. The molecule has 0 aliphatic carbocycles. The second-order valence-corrected chi connectivity index (χ2v) is 3.32. The van der Waals surface area contributed by atoms with Gasteiger partial charge in [0.25, 0.3) is 0 Å². The maximum atomic E-state index is 13.4. The quantitative estimate of drug-likeness (QED) is 0.481. The molecule has 0 aromatic heterocycles. The Kier molecular flexibility index (Phi) is 4.91. The number of carbonyl (C=O) groups excluding carboxylic acids is 1. The number of esters is 1. The minimum Gasteiger partial charge on any atom is -0.463 e. The Morgan fingerprint density at radius 1 is 1.37 bits per heavy atom. The number of hydrogen-bond acceptors (Lipinski definition) is 3. The van der Waals surface area contributed by atoms with Crippen LogP contribution in [0.15, 0.2) is 24.3 Å². The smallest absolute Gasteiger partial charge is 0.463 e. The van der Waals surface area contributed by atoms with Crippen LogP contribution in [0.4, 0.5) is 17.6 Å². The van der Waals surface area contributed by atoms with Crippen LogP contribution in [-0.4, -0.2) is 18.9 Å². The SMILES string of the molecule is CCOC(=O)C=Cc1ccc(OC(F)(F)F)cc1F. The van der Waals surface area contributed by atoms with E-state index in [0.29, 0.717) is 6.07 Å². The molecule has 0 saturated carbocycles. The molecule has 3 nitrogen and oxygen atoms in total. The lowest BCUT2D eigenvalue weighted by Gasteiger charge is -2.09. The van der Waals surface area contributed by atoms with Gasteiger partial charge in [-0.15, -0.1) is 13.2 Å². The molecule has 0 heterocycles. The molecule has 1 aromatic carbocycles. The average Bonchev–Trinajstić information content (AvgIpc) is 2.26. The molecule has 1 rings (SSSR count). The van der Waals surface area contributed by atoms with Crippen molar-refractivity contribution in [3.05, 3.63) is 35.7 Å². The first-order valence-corrected chi connectivity index (χ1v) is 5.22. The Morgan fingerprint density at radius 2 is 2.05 bits per heavy atom. The largest absolute Gasteiger partial charge is 0.573 e. The maximum absolute atomic E-state index is 13.4. The van der Waals surface area contributed by atoms with Crippen LogP contribution in [0.1, 0.15) is 12.5 Å². The predicted molar refractivity (Wildman–Crippen MR) is 58.8 cm³/mol. The number of ether oxygens (including phenoxy) is 2. The summed E-state index contributed by atoms with van der Waals surface area (Å²) < 4.78 is 57.2. The Labute approximate surface area is 106 Å². The molecule has 0 atom stereocenters. The second kappa shape index (κ2) is 6.21. The van der Waals surface area contributed by atoms with E-state index in [4.69, 9.17) is 0 Å². The van der Waals surface area contributed by atoms with Crippen molar-refractivity contribution in [2.24, 2.45) is 0 Å². The van der Waals surface area contributed by atoms with E-state index in [-0.39, 0.29) is 12.2 Å². The highest BCUT2D eigenvalue weighted by atomic mass is 19.4. The van der Waals surface area contributed by atoms with Crippen LogP contribution < -0.4 is 4.74 Å². The summed E-state index contributed by atoms with van der Waals surface area (Å²) in [7, 11) is 0. The van der Waals surface area contributed by atoms with Gasteiger partial charge in [-0.2, -0.15) is 0 Å². The van der Waals surface area contributed by atoms with Crippen molar-refractivity contribution in [1.29, 1.82) is 0 Å². The van der Waals surface area contributed by atoms with Crippen LogP contribution >= 0.6 is 0 Å². The Bertz CT molecular complexity index is 480. The van der Waals surface area contributed by atoms with Crippen molar-refractivity contribution in [3.8, 4) is 5.75 Å². The van der Waals surface area contributed by atoms with Crippen molar-refractivity contribution in [2.45, 2.75) is 13.3 Å². The molecule has 0 spiro atoms. The van der Waals surface area contributed by atoms with E-state index >= 15 is 0 Å². The van der Waals surface area contributed by atoms with Crippen LogP contribution in [0, 0.1) is 5.82 Å². The summed E-state index contributed by atoms with van der Waals surface area (Å²) in [6.07, 6.45) is -2.80. The molecule has 0 unspecified atom stereocenters. The molecule has 19 heavy (non-hydrogen) atoms. The Hall–Kier alpha value is -2.05. The fourth-order valence-corrected chi connectivity index (χ4v) is 1.19. The molecular weight excluding hydrogens is 268 g/mol. The third-order valence-corrected chi connectivity index (χ3v) is 1.89. The number of alkyl halides is 3. The summed E-state index contributed by atoms with van der Waals surface area (Å²) >= 11 is 0. The van der Waals surface area contributed by atoms with Gasteiger partial charge in [0.15, 0.2) is 0 Å². The van der Waals surface area contributed by atoms with Gasteiger partial charge in [-0.25, -0.2) is 9.18 Å². The van der Waals surface area contributed by atoms with E-state index in [2.05, 4.69) is 9.47 Å². The fourth-order valence-electron chi connectivity index (χ4n) is 1.19. The summed E-state index contributed by atoms with van der Waals surface area (Å²) in [5, 5.41) is 0. The average molecular weight is 278 g/mol. The molecule has 1 aromatic rings. The van der Waals surface area contributed by atoms with Gasteiger partial charge in [-0.05, 0) is 25.1 Å². The van der Waals surface area contributed by atoms with E-state index in [9.17, 15) is 22.4 Å². The zero-order valence-electron chi connectivity index (χ0n) is 9.83. The lowest BCUT2D eigenvalue weighted by Crippen LogP contribution is -2.17. The molecule has 104 valence electrons. The lowest BCUT2D eigenvalue weighted by molar-refractivity contribution is -0.274. The number of rotatable bonds is 4. The normalized spacial score (nSPS) is 11.6. The van der Waals surface area contributed by atoms with Gasteiger partial charge in [0.1, 0.15) is 11.6 Å². The van der Waals surface area contributed by atoms with Gasteiger partial charge in [0.05, 0.1) is 6.61 Å². The van der Waals surface area contributed by atoms with Crippen molar-refractivity contribution in [1.82, 2.24) is 0 Å². The predicted octanol–water partition coefficient (Wildman–Crippen LogP) is 3.30. The zero-order chi connectivity index (χ0) is 14.5. The summed E-state index contributed by atoms with van der Waals surface area (Å²) in [5.41, 5.74) is -0.0532. The summed E-state index contributed by atoms with van der Waals surface area (Å²) in [6, 6.07) is 2.59. The number of hydrogen-bond donors (Lipinski definition) is 0. The first kappa shape index (κ1) is 15.0. The molecule has 7 heteroatoms. The van der Waals surface area contributed by atoms with Gasteiger partial charge in [0, 0.05) is 17.7 Å². The molecule has 0 fully saturated rings. The lowest BCUT2D eigenvalue weighted by atomic mass is 10.2. The zero-order valence-corrected chi connectivity index (χ0v) is 9.83. The van der Waals surface area contributed by atoms with Crippen LogP contribution in [0.3, 0.4) is 0 Å². The molecule has 0 aliphatic rings. The van der Waals surface area contributed by atoms with Crippen molar-refractivity contribution in [3.63, 3.8) is 0 Å². The highest BCUT2D eigenvalue weighted by molar-refractivity contribution is 5.87. The van der Waals surface area contributed by atoms with Crippen molar-refractivity contribution in [2.75, 3.05) is 6.61 Å². The van der Waals surface area contributed by atoms with Crippen LogP contribution in [0.5, 0.6) is 5.75 Å². The van der Waals surface area contributed by atoms with E-state index in [1.54, 1.807) is 6.92 Å². The van der Waals surface area contributed by atoms with E-state index < -0.39 is 23.9 Å². The molecule has 0 radical (unpaired) electrons. The molecule has 0 bridgehead atoms.